The van der Waals surface area contributed by atoms with Crippen LogP contribution in [0.15, 0.2) is 125 Å². The van der Waals surface area contributed by atoms with Gasteiger partial charge in [0.2, 0.25) is 11.9 Å². The Hall–Kier alpha value is -8.91. The van der Waals surface area contributed by atoms with Crippen molar-refractivity contribution in [3.8, 4) is 0 Å². The predicted octanol–water partition coefficient (Wildman–Crippen LogP) is 5.94. The molecule has 71 heavy (non-hydrogen) atoms. The second-order valence-electron chi connectivity index (χ2n) is 16.7. The van der Waals surface area contributed by atoms with Gasteiger partial charge in [-0.15, -0.1) is 0 Å². The smallest absolute Gasteiger partial charge is 0.306 e. The topological polar surface area (TPSA) is 305 Å². The van der Waals surface area contributed by atoms with Crippen molar-refractivity contribution in [2.75, 3.05) is 25.9 Å². The zero-order valence-corrected chi connectivity index (χ0v) is 38.6. The van der Waals surface area contributed by atoms with Crippen molar-refractivity contribution in [2.24, 2.45) is 5.92 Å². The number of carbonyl (C=O) groups is 5. The number of hydrogen-bond acceptors (Lipinski definition) is 15. The van der Waals surface area contributed by atoms with E-state index in [4.69, 9.17) is 5.73 Å². The normalized spacial score (nSPS) is 14.3. The van der Waals surface area contributed by atoms with Gasteiger partial charge in [-0.3, -0.25) is 49.2 Å². The van der Waals surface area contributed by atoms with Crippen LogP contribution in [0.5, 0.6) is 0 Å². The van der Waals surface area contributed by atoms with Crippen molar-refractivity contribution in [1.82, 2.24) is 30.2 Å². The Kier molecular flexibility index (Phi) is 17.3. The van der Waals surface area contributed by atoms with E-state index in [-0.39, 0.29) is 84.1 Å². The number of hydrogen-bond donors (Lipinski definition) is 4. The Morgan fingerprint density at radius 2 is 1.39 bits per heavy atom. The molecule has 20 nitrogen and oxygen atoms in total. The average molecular weight is 964 g/mol. The number of H-pyrrole nitrogens is 1. The Balaban J connectivity index is 0.000000237. The van der Waals surface area contributed by atoms with E-state index < -0.39 is 33.3 Å². The standard InChI is InChI=1S/C29H26N4O6.C22H23N5O5/c1-30-27(17-20-5-3-2-4-6-20)29(35)31-18-23(15-21-7-11-25(12-8-21)32(36)37)28(34)24(19-31)16-22-9-13-26(14-10-22)33(38)39;1-12(28)2-6-15(21(31)32)10-17(29)14-7-3-13(4-8-14)5-9-16-11-24-18-19(25-16)26-22(23)27-20(18)30/h2-16,27,30H,17-19H2,1H3;3-4,7-8,11,15H,2,5-6,9-10H2,1H3,(H,31,32)(H3,23,25,26,27,30)/b23-15+,24-16+;/t27-;15-/m10/s1. The third-order valence-corrected chi connectivity index (χ3v) is 11.5. The number of carbonyl (C=O) groups excluding carboxylic acids is 4. The summed E-state index contributed by atoms with van der Waals surface area (Å²) in [6, 6.07) is 27.6. The molecule has 1 amide bonds. The molecule has 1 fully saturated rings. The first kappa shape index (κ1) is 51.5. The van der Waals surface area contributed by atoms with Crippen LogP contribution in [0, 0.1) is 26.1 Å². The number of anilines is 1. The summed E-state index contributed by atoms with van der Waals surface area (Å²) >= 11 is 0. The number of benzene rings is 4. The maximum atomic E-state index is 13.6. The van der Waals surface area contributed by atoms with Gasteiger partial charge >= 0.3 is 5.97 Å². The Bertz CT molecular complexity index is 3000. The number of likely N-dealkylation sites (tertiary alicyclic amines) is 1. The fourth-order valence-corrected chi connectivity index (χ4v) is 7.62. The molecular weight excluding hydrogens is 915 g/mol. The second kappa shape index (κ2) is 23.9. The zero-order chi connectivity index (χ0) is 51.2. The summed E-state index contributed by atoms with van der Waals surface area (Å²) < 4.78 is 0. The highest BCUT2D eigenvalue weighted by Gasteiger charge is 2.32. The highest BCUT2D eigenvalue weighted by molar-refractivity contribution is 6.15. The molecule has 1 aliphatic heterocycles. The molecule has 7 rings (SSSR count). The average Bonchev–Trinajstić information content (AvgIpc) is 3.35. The Morgan fingerprint density at radius 1 is 0.817 bits per heavy atom. The lowest BCUT2D eigenvalue weighted by Crippen LogP contribution is -2.50. The molecular formula is C51H49N9O11. The monoisotopic (exact) mass is 963 g/mol. The molecule has 0 radical (unpaired) electrons. The first-order chi connectivity index (χ1) is 34.0. The van der Waals surface area contributed by atoms with E-state index in [0.29, 0.717) is 52.8 Å². The molecule has 4 aromatic carbocycles. The van der Waals surface area contributed by atoms with Crippen LogP contribution < -0.4 is 16.6 Å². The van der Waals surface area contributed by atoms with Crippen molar-refractivity contribution in [3.05, 3.63) is 185 Å². The molecule has 0 spiro atoms. The third kappa shape index (κ3) is 14.3. The van der Waals surface area contributed by atoms with E-state index >= 15 is 0 Å². The van der Waals surface area contributed by atoms with Crippen LogP contribution in [0.3, 0.4) is 0 Å². The van der Waals surface area contributed by atoms with Gasteiger partial charge < -0.3 is 25.9 Å². The number of nitro benzene ring substituents is 2. The van der Waals surface area contributed by atoms with Gasteiger partial charge in [0.15, 0.2) is 22.7 Å². The maximum Gasteiger partial charge on any atom is 0.306 e. The van der Waals surface area contributed by atoms with E-state index in [1.165, 1.54) is 37.4 Å². The number of nitrogens with zero attached hydrogens (tertiary/aromatic N) is 6. The highest BCUT2D eigenvalue weighted by atomic mass is 16.6. The predicted molar refractivity (Wildman–Crippen MR) is 263 cm³/mol. The third-order valence-electron chi connectivity index (χ3n) is 11.5. The number of nitrogen functional groups attached to an aromatic ring is 1. The Labute approximate surface area is 405 Å². The number of non-ortho nitro benzene ring substituents is 2. The molecule has 2 aromatic heterocycles. The number of amides is 1. The number of rotatable bonds is 18. The molecule has 6 aromatic rings. The number of fused-ring (bicyclic) bond motifs is 1. The molecule has 364 valence electrons. The minimum atomic E-state index is -1.08. The number of aromatic nitrogens is 4. The highest BCUT2D eigenvalue weighted by Crippen LogP contribution is 2.25. The van der Waals surface area contributed by atoms with Crippen LogP contribution in [0.25, 0.3) is 23.3 Å². The maximum absolute atomic E-state index is 13.6. The first-order valence-corrected chi connectivity index (χ1v) is 22.3. The SMILES string of the molecule is CC(=O)CC[C@@H](CC(=O)c1ccc(CCc2cnc3c(=O)[nH]c(N)nc3n2)cc1)C(=O)O.CN[C@H](Cc1ccccc1)C(=O)N1C/C(=C\c2ccc([N+](=O)[O-])cc2)C(=O)/C(=C/c2ccc([N+](=O)[O-])cc2)C1. The van der Waals surface area contributed by atoms with Crippen LogP contribution in [-0.4, -0.2) is 95.2 Å². The number of aromatic amines is 1. The minimum Gasteiger partial charge on any atom is -0.481 e. The largest absolute Gasteiger partial charge is 0.481 e. The van der Waals surface area contributed by atoms with Gasteiger partial charge in [-0.25, -0.2) is 9.97 Å². The molecule has 1 saturated heterocycles. The Morgan fingerprint density at radius 3 is 1.92 bits per heavy atom. The molecule has 20 heteroatoms. The van der Waals surface area contributed by atoms with Crippen molar-refractivity contribution >= 4 is 69.9 Å². The second-order valence-corrected chi connectivity index (χ2v) is 16.7. The summed E-state index contributed by atoms with van der Waals surface area (Å²) in [5.41, 5.74) is 10.1. The summed E-state index contributed by atoms with van der Waals surface area (Å²) in [6.07, 6.45) is 6.51. The van der Waals surface area contributed by atoms with Crippen LogP contribution in [0.4, 0.5) is 17.3 Å². The van der Waals surface area contributed by atoms with Gasteiger partial charge in [0, 0.05) is 73.1 Å². The number of likely N-dealkylation sites (N-methyl/N-ethyl adjacent to an activating group) is 1. The van der Waals surface area contributed by atoms with E-state index in [2.05, 4.69) is 25.3 Å². The first-order valence-electron chi connectivity index (χ1n) is 22.3. The number of nitro groups is 2. The van der Waals surface area contributed by atoms with Gasteiger partial charge in [0.25, 0.3) is 16.9 Å². The molecule has 0 aliphatic carbocycles. The van der Waals surface area contributed by atoms with Crippen LogP contribution in [0.1, 0.15) is 64.5 Å². The van der Waals surface area contributed by atoms with Gasteiger partial charge in [-0.2, -0.15) is 4.98 Å². The van der Waals surface area contributed by atoms with Crippen molar-refractivity contribution in [1.29, 1.82) is 0 Å². The van der Waals surface area contributed by atoms with Crippen molar-refractivity contribution < 1.29 is 38.9 Å². The summed E-state index contributed by atoms with van der Waals surface area (Å²) in [6.45, 7) is 1.53. The molecule has 2 atom stereocenters. The van der Waals surface area contributed by atoms with E-state index in [1.807, 2.05) is 30.3 Å². The molecule has 0 unspecified atom stereocenters. The number of nitrogens with one attached hydrogen (secondary N) is 2. The summed E-state index contributed by atoms with van der Waals surface area (Å²) in [5.74, 6) is -2.81. The number of carboxylic acids is 1. The molecule has 1 aliphatic rings. The lowest BCUT2D eigenvalue weighted by Gasteiger charge is -2.32. The molecule has 3 heterocycles. The van der Waals surface area contributed by atoms with Gasteiger partial charge in [0.1, 0.15) is 5.78 Å². The van der Waals surface area contributed by atoms with Gasteiger partial charge in [0.05, 0.1) is 27.5 Å². The van der Waals surface area contributed by atoms with Crippen molar-refractivity contribution in [2.45, 2.75) is 51.5 Å². The molecule has 0 bridgehead atoms. The van der Waals surface area contributed by atoms with E-state index in [1.54, 1.807) is 72.6 Å². The fraction of sp³-hybridized carbons (Fsp3) is 0.235. The lowest BCUT2D eigenvalue weighted by molar-refractivity contribution is -0.385. The summed E-state index contributed by atoms with van der Waals surface area (Å²) in [4.78, 5) is 111. The molecule has 5 N–H and O–H groups in total. The number of Topliss-reactive ketones (excluding diaryl/α,β-unsaturated/α-hetero) is 3. The number of ketones is 3. The number of carboxylic acid groups (broad SMARTS) is 1. The number of piperidine rings is 1. The quantitative estimate of drug-likeness (QED) is 0.0335. The minimum absolute atomic E-state index is 0.0272. The van der Waals surface area contributed by atoms with Crippen LogP contribution >= 0.6 is 0 Å². The molecule has 0 saturated carbocycles. The van der Waals surface area contributed by atoms with Crippen LogP contribution in [0.2, 0.25) is 0 Å². The summed E-state index contributed by atoms with van der Waals surface area (Å²) in [5, 5.41) is 34.4. The van der Waals surface area contributed by atoms with E-state index in [0.717, 1.165) is 11.1 Å². The van der Waals surface area contributed by atoms with E-state index in [9.17, 15) is 54.1 Å². The summed E-state index contributed by atoms with van der Waals surface area (Å²) in [7, 11) is 1.71. The number of nitrogens with two attached hydrogens (primary N) is 1. The van der Waals surface area contributed by atoms with Gasteiger partial charge in [-0.05, 0) is 98.3 Å². The van der Waals surface area contributed by atoms with Crippen LogP contribution in [-0.2, 0) is 38.4 Å². The van der Waals surface area contributed by atoms with Gasteiger partial charge in [-0.1, -0.05) is 54.6 Å². The number of aryl methyl sites for hydroxylation is 2. The zero-order valence-electron chi connectivity index (χ0n) is 38.6. The number of aliphatic carboxylic acids is 1. The fourth-order valence-electron chi connectivity index (χ4n) is 7.62. The van der Waals surface area contributed by atoms with Crippen molar-refractivity contribution in [3.63, 3.8) is 0 Å². The lowest BCUT2D eigenvalue weighted by atomic mass is 9.93.